The molecule has 7 nitrogen and oxygen atoms in total. The second kappa shape index (κ2) is 17.7. The van der Waals surface area contributed by atoms with Crippen LogP contribution in [0.2, 0.25) is 0 Å². The summed E-state index contributed by atoms with van der Waals surface area (Å²) in [6.45, 7) is 14.5. The van der Waals surface area contributed by atoms with Gasteiger partial charge in [0.15, 0.2) is 11.6 Å². The van der Waals surface area contributed by atoms with Crippen molar-refractivity contribution in [2.24, 2.45) is 17.8 Å². The number of amides is 1. The number of nitrogens with one attached hydrogen (secondary N) is 1. The van der Waals surface area contributed by atoms with Crippen LogP contribution in [0.4, 0.5) is 19.0 Å². The lowest BCUT2D eigenvalue weighted by Crippen LogP contribution is -2.30. The SMILES string of the molecule is CC[C@H]1SC(Br)[C@@H](F)[C@@H]1C.CC[C@H]1SC(OC(C)=O)[C@@H](F)[C@@H]1C.CC[C@H]1S[C@@H](n2ccc(NC(C)=O)nc2=O)[C@@H](F)[C@@H]1C. The molecule has 43 heavy (non-hydrogen) atoms. The van der Waals surface area contributed by atoms with Gasteiger partial charge in [-0.05, 0) is 25.3 Å². The van der Waals surface area contributed by atoms with Gasteiger partial charge in [0.05, 0.1) is 4.16 Å². The zero-order chi connectivity index (χ0) is 32.6. The zero-order valence-electron chi connectivity index (χ0n) is 26.0. The van der Waals surface area contributed by atoms with Crippen molar-refractivity contribution in [3.63, 3.8) is 0 Å². The van der Waals surface area contributed by atoms with Crippen molar-refractivity contribution < 1.29 is 27.5 Å². The van der Waals surface area contributed by atoms with Crippen LogP contribution in [0.3, 0.4) is 0 Å². The molecule has 3 fully saturated rings. The van der Waals surface area contributed by atoms with E-state index in [0.717, 1.165) is 19.3 Å². The number of alkyl halides is 4. The maximum atomic E-state index is 14.3. The number of aromatic nitrogens is 2. The first-order valence-corrected chi connectivity index (χ1v) is 18.5. The number of thioether (sulfide) groups is 3. The Morgan fingerprint density at radius 3 is 1.81 bits per heavy atom. The molecule has 4 heterocycles. The minimum atomic E-state index is -1.07. The Hall–Kier alpha value is -0.860. The van der Waals surface area contributed by atoms with Crippen molar-refractivity contribution in [1.82, 2.24) is 9.55 Å². The number of anilines is 1. The van der Waals surface area contributed by atoms with Crippen LogP contribution < -0.4 is 11.0 Å². The highest BCUT2D eigenvalue weighted by Crippen LogP contribution is 2.48. The van der Waals surface area contributed by atoms with Gasteiger partial charge in [-0.1, -0.05) is 57.5 Å². The summed E-state index contributed by atoms with van der Waals surface area (Å²) in [6.07, 6.45) is 1.62. The Morgan fingerprint density at radius 1 is 0.907 bits per heavy atom. The fourth-order valence-corrected chi connectivity index (χ4v) is 11.0. The van der Waals surface area contributed by atoms with Crippen molar-refractivity contribution >= 4 is 68.9 Å². The minimum absolute atomic E-state index is 0.0145. The van der Waals surface area contributed by atoms with Gasteiger partial charge in [0.25, 0.3) is 0 Å². The first kappa shape index (κ1) is 38.3. The Kier molecular flexibility index (Phi) is 15.8. The standard InChI is InChI=1S/C13H18FN3O2S.C9H15FO2S.C7H12BrFS/c1-4-9-7(2)11(14)12(20-9)17-6-5-10(15-8(3)18)16-13(17)19;1-4-7-5(2)8(10)9(13-7)12-6(3)11;1-3-5-4(2)6(9)7(8)10-5/h5-7,9,11-12H,4H2,1-3H3,(H,15,16,18,19);5,7-9H,4H2,1-3H3;4-7H,3H2,1-2H3/t7-,9-,11+,12-;5-,7-,8+,9?;4-,5-,6+,7?/m111/s1. The molecule has 0 radical (unpaired) electrons. The van der Waals surface area contributed by atoms with E-state index in [2.05, 4.69) is 33.2 Å². The predicted molar refractivity (Wildman–Crippen MR) is 177 cm³/mol. The molecule has 1 amide bonds. The summed E-state index contributed by atoms with van der Waals surface area (Å²) in [5, 5.41) is 2.89. The summed E-state index contributed by atoms with van der Waals surface area (Å²) in [7, 11) is 0. The largest absolute Gasteiger partial charge is 0.448 e. The molecule has 1 aromatic heterocycles. The van der Waals surface area contributed by atoms with E-state index in [1.807, 2.05) is 34.6 Å². The topological polar surface area (TPSA) is 90.3 Å². The van der Waals surface area contributed by atoms with Crippen molar-refractivity contribution in [2.45, 2.75) is 124 Å². The highest BCUT2D eigenvalue weighted by Gasteiger charge is 2.43. The summed E-state index contributed by atoms with van der Waals surface area (Å²) < 4.78 is 47.1. The molecule has 3 aliphatic rings. The Balaban J connectivity index is 0.000000242. The molecule has 0 bridgehead atoms. The van der Waals surface area contributed by atoms with Gasteiger partial charge in [0, 0.05) is 53.5 Å². The molecule has 0 spiro atoms. The van der Waals surface area contributed by atoms with E-state index >= 15 is 0 Å². The zero-order valence-corrected chi connectivity index (χ0v) is 30.0. The molecular weight excluding hydrogens is 687 g/mol. The molecule has 2 unspecified atom stereocenters. The molecule has 0 saturated carbocycles. The number of halogens is 4. The van der Waals surface area contributed by atoms with E-state index in [-0.39, 0.29) is 44.1 Å². The maximum Gasteiger partial charge on any atom is 0.350 e. The molecule has 14 heteroatoms. The van der Waals surface area contributed by atoms with E-state index in [4.69, 9.17) is 4.74 Å². The van der Waals surface area contributed by atoms with Gasteiger partial charge in [0.1, 0.15) is 23.5 Å². The highest BCUT2D eigenvalue weighted by atomic mass is 79.9. The van der Waals surface area contributed by atoms with E-state index in [1.165, 1.54) is 54.2 Å². The van der Waals surface area contributed by atoms with Crippen LogP contribution in [0, 0.1) is 17.8 Å². The van der Waals surface area contributed by atoms with Gasteiger partial charge < -0.3 is 10.1 Å². The van der Waals surface area contributed by atoms with Gasteiger partial charge in [-0.3, -0.25) is 14.2 Å². The Morgan fingerprint density at radius 2 is 1.42 bits per heavy atom. The normalized spacial score (nSPS) is 36.7. The number of nitrogens with zero attached hydrogens (tertiary/aromatic N) is 2. The van der Waals surface area contributed by atoms with Crippen LogP contribution in [-0.2, 0) is 14.3 Å². The number of esters is 1. The number of ether oxygens (including phenoxy) is 1. The van der Waals surface area contributed by atoms with E-state index in [9.17, 15) is 27.6 Å². The van der Waals surface area contributed by atoms with E-state index < -0.39 is 41.0 Å². The molecule has 3 saturated heterocycles. The van der Waals surface area contributed by atoms with Crippen LogP contribution in [0.25, 0.3) is 0 Å². The number of hydrogen-bond donors (Lipinski definition) is 1. The van der Waals surface area contributed by atoms with Crippen molar-refractivity contribution in [3.8, 4) is 0 Å². The van der Waals surface area contributed by atoms with E-state index in [1.54, 1.807) is 11.8 Å². The molecule has 1 N–H and O–H groups in total. The molecule has 0 aromatic carbocycles. The average Bonchev–Trinajstić information content (AvgIpc) is 3.49. The monoisotopic (exact) mass is 731 g/mol. The third-order valence-electron chi connectivity index (χ3n) is 7.87. The van der Waals surface area contributed by atoms with Gasteiger partial charge in [0.2, 0.25) is 5.91 Å². The smallest absolute Gasteiger partial charge is 0.350 e. The Labute approximate surface area is 274 Å². The third kappa shape index (κ3) is 10.3. The number of carbonyl (C=O) groups is 2. The lowest BCUT2D eigenvalue weighted by atomic mass is 10.0. The first-order chi connectivity index (χ1) is 20.2. The fraction of sp³-hybridized carbons (Fsp3) is 0.793. The van der Waals surface area contributed by atoms with Crippen molar-refractivity contribution in [1.29, 1.82) is 0 Å². The van der Waals surface area contributed by atoms with Crippen LogP contribution in [-0.4, -0.2) is 65.3 Å². The average molecular weight is 733 g/mol. The highest BCUT2D eigenvalue weighted by molar-refractivity contribution is 9.11. The van der Waals surface area contributed by atoms with Crippen LogP contribution >= 0.6 is 51.2 Å². The van der Waals surface area contributed by atoms with Gasteiger partial charge in [-0.25, -0.2) is 18.0 Å². The summed E-state index contributed by atoms with van der Waals surface area (Å²) in [5.74, 6) is -0.384. The lowest BCUT2D eigenvalue weighted by molar-refractivity contribution is -0.144. The summed E-state index contributed by atoms with van der Waals surface area (Å²) >= 11 is 7.95. The van der Waals surface area contributed by atoms with Gasteiger partial charge in [-0.15, -0.1) is 35.3 Å². The molecule has 1 aromatic rings. The maximum absolute atomic E-state index is 14.3. The first-order valence-electron chi connectivity index (χ1n) is 14.7. The molecule has 3 aliphatic heterocycles. The second-order valence-electron chi connectivity index (χ2n) is 11.1. The van der Waals surface area contributed by atoms with Crippen molar-refractivity contribution in [3.05, 3.63) is 22.7 Å². The quantitative estimate of drug-likeness (QED) is 0.235. The van der Waals surface area contributed by atoms with Gasteiger partial charge in [-0.2, -0.15) is 4.98 Å². The number of carbonyl (C=O) groups excluding carboxylic acids is 2. The molecule has 0 aliphatic carbocycles. The van der Waals surface area contributed by atoms with Crippen LogP contribution in [0.1, 0.15) is 80.0 Å². The molecule has 4 rings (SSSR count). The lowest BCUT2D eigenvalue weighted by Gasteiger charge is -2.16. The summed E-state index contributed by atoms with van der Waals surface area (Å²) in [4.78, 5) is 37.3. The predicted octanol–water partition coefficient (Wildman–Crippen LogP) is 7.78. The molecular formula is C29H45BrF3N3O4S3. The molecule has 12 atom stereocenters. The number of hydrogen-bond acceptors (Lipinski definition) is 8. The molecule has 246 valence electrons. The fourth-order valence-electron chi connectivity index (χ4n) is 5.21. The second-order valence-corrected chi connectivity index (χ2v) is 16.7. The number of rotatable bonds is 6. The minimum Gasteiger partial charge on any atom is -0.448 e. The van der Waals surface area contributed by atoms with Crippen molar-refractivity contribution in [2.75, 3.05) is 5.32 Å². The van der Waals surface area contributed by atoms with Crippen LogP contribution in [0.5, 0.6) is 0 Å². The summed E-state index contributed by atoms with van der Waals surface area (Å²) in [6, 6.07) is 1.51. The Bertz CT molecular complexity index is 1120. The third-order valence-corrected chi connectivity index (χ3v) is 14.3. The summed E-state index contributed by atoms with van der Waals surface area (Å²) in [5.41, 5.74) is -1.13. The van der Waals surface area contributed by atoms with E-state index in [0.29, 0.717) is 5.25 Å². The van der Waals surface area contributed by atoms with Gasteiger partial charge >= 0.3 is 11.7 Å². The van der Waals surface area contributed by atoms with Crippen LogP contribution in [0.15, 0.2) is 17.1 Å².